The van der Waals surface area contributed by atoms with E-state index in [0.717, 1.165) is 0 Å². The Hall–Kier alpha value is -0.550. The lowest BCUT2D eigenvalue weighted by Gasteiger charge is -2.26. The minimum absolute atomic E-state index is 0.0583. The molecule has 0 aromatic heterocycles. The molecule has 15 heavy (non-hydrogen) atoms. The molecule has 0 spiro atoms. The van der Waals surface area contributed by atoms with Gasteiger partial charge in [0.25, 0.3) is 0 Å². The van der Waals surface area contributed by atoms with E-state index >= 15 is 0 Å². The molecule has 0 aliphatic heterocycles. The Morgan fingerprint density at radius 3 is 2.20 bits per heavy atom. The van der Waals surface area contributed by atoms with Gasteiger partial charge in [-0.3, -0.25) is 9.59 Å². The van der Waals surface area contributed by atoms with Crippen molar-refractivity contribution in [3.63, 3.8) is 0 Å². The molecule has 1 unspecified atom stereocenters. The highest BCUT2D eigenvalue weighted by atomic mass is 32.1. The van der Waals surface area contributed by atoms with E-state index in [2.05, 4.69) is 23.3 Å². The number of nitrogens with one attached hydrogen (secondary N) is 2. The lowest BCUT2D eigenvalue weighted by Crippen LogP contribution is -2.53. The van der Waals surface area contributed by atoms with E-state index in [-0.39, 0.29) is 29.8 Å². The summed E-state index contributed by atoms with van der Waals surface area (Å²) in [5, 5.41) is 5.69. The molecule has 88 valence electrons. The third-order valence-electron chi connectivity index (χ3n) is 1.62. The van der Waals surface area contributed by atoms with E-state index in [4.69, 9.17) is 0 Å². The smallest absolute Gasteiger partial charge is 0.238 e. The zero-order valence-corrected chi connectivity index (χ0v) is 10.6. The minimum Gasteiger partial charge on any atom is -0.348 e. The Morgan fingerprint density at radius 1 is 1.33 bits per heavy atom. The van der Waals surface area contributed by atoms with Crippen LogP contribution < -0.4 is 10.6 Å². The van der Waals surface area contributed by atoms with Crippen molar-refractivity contribution >= 4 is 24.3 Å². The van der Waals surface area contributed by atoms with Crippen LogP contribution >= 0.6 is 12.6 Å². The molecular formula is C10H20N2O2S. The van der Waals surface area contributed by atoms with Crippen LogP contribution in [0.25, 0.3) is 0 Å². The fourth-order valence-electron chi connectivity index (χ4n) is 1.05. The summed E-state index contributed by atoms with van der Waals surface area (Å²) >= 11 is 4.10. The van der Waals surface area contributed by atoms with E-state index in [1.54, 1.807) is 0 Å². The van der Waals surface area contributed by atoms with Crippen molar-refractivity contribution in [3.8, 4) is 0 Å². The van der Waals surface area contributed by atoms with Crippen LogP contribution in [0.15, 0.2) is 0 Å². The molecule has 0 aromatic carbocycles. The van der Waals surface area contributed by atoms with Crippen molar-refractivity contribution in [1.82, 2.24) is 10.6 Å². The number of hydrogen-bond donors (Lipinski definition) is 3. The Balaban J connectivity index is 4.17. The van der Waals surface area contributed by atoms with Crippen molar-refractivity contribution in [2.75, 3.05) is 12.3 Å². The molecule has 0 bridgehead atoms. The predicted octanol–water partition coefficient (Wildman–Crippen LogP) is 0.378. The van der Waals surface area contributed by atoms with Crippen LogP contribution in [-0.2, 0) is 9.59 Å². The maximum Gasteiger partial charge on any atom is 0.238 e. The summed E-state index contributed by atoms with van der Waals surface area (Å²) in [4.78, 5) is 22.3. The van der Waals surface area contributed by atoms with Gasteiger partial charge >= 0.3 is 0 Å². The van der Waals surface area contributed by atoms with Crippen molar-refractivity contribution in [2.24, 2.45) is 0 Å². The summed E-state index contributed by atoms with van der Waals surface area (Å²) < 4.78 is 0. The monoisotopic (exact) mass is 232 g/mol. The Kier molecular flexibility index (Phi) is 5.90. The first-order valence-corrected chi connectivity index (χ1v) is 5.55. The largest absolute Gasteiger partial charge is 0.348 e. The van der Waals surface area contributed by atoms with Gasteiger partial charge < -0.3 is 10.6 Å². The average molecular weight is 232 g/mol. The van der Waals surface area contributed by atoms with Gasteiger partial charge in [-0.15, -0.1) is 0 Å². The van der Waals surface area contributed by atoms with E-state index in [9.17, 15) is 9.59 Å². The molecule has 0 saturated heterocycles. The van der Waals surface area contributed by atoms with E-state index in [1.165, 1.54) is 6.92 Å². The molecular weight excluding hydrogens is 212 g/mol. The fourth-order valence-corrected chi connectivity index (χ4v) is 1.31. The molecule has 0 heterocycles. The highest BCUT2D eigenvalue weighted by molar-refractivity contribution is 7.80. The number of thiol groups is 1. The van der Waals surface area contributed by atoms with Crippen molar-refractivity contribution in [3.05, 3.63) is 0 Å². The van der Waals surface area contributed by atoms with Crippen LogP contribution in [0.1, 0.15) is 27.7 Å². The molecule has 0 radical (unpaired) electrons. The van der Waals surface area contributed by atoms with Crippen LogP contribution in [0.3, 0.4) is 0 Å². The maximum absolute atomic E-state index is 11.6. The number of rotatable bonds is 5. The van der Waals surface area contributed by atoms with Gasteiger partial charge in [0.15, 0.2) is 0 Å². The van der Waals surface area contributed by atoms with E-state index in [0.29, 0.717) is 5.75 Å². The molecule has 0 aliphatic carbocycles. The van der Waals surface area contributed by atoms with Gasteiger partial charge in [-0.25, -0.2) is 0 Å². The molecule has 4 nitrogen and oxygen atoms in total. The second-order valence-corrected chi connectivity index (χ2v) is 4.91. The van der Waals surface area contributed by atoms with Crippen LogP contribution in [-0.4, -0.2) is 35.6 Å². The van der Waals surface area contributed by atoms with Crippen molar-refractivity contribution in [1.29, 1.82) is 0 Å². The van der Waals surface area contributed by atoms with Crippen LogP contribution in [0.5, 0.6) is 0 Å². The zero-order chi connectivity index (χ0) is 12.1. The SMILES string of the molecule is CC(=O)CNC(=O)C(CS)NC(C)(C)C. The summed E-state index contributed by atoms with van der Waals surface area (Å²) in [5.74, 6) is 0.160. The summed E-state index contributed by atoms with van der Waals surface area (Å²) in [6.07, 6.45) is 0. The van der Waals surface area contributed by atoms with Crippen LogP contribution in [0.2, 0.25) is 0 Å². The van der Waals surface area contributed by atoms with Gasteiger partial charge in [0.2, 0.25) is 5.91 Å². The van der Waals surface area contributed by atoms with Gasteiger partial charge in [0.1, 0.15) is 5.78 Å². The molecule has 5 heteroatoms. The van der Waals surface area contributed by atoms with Gasteiger partial charge in [0.05, 0.1) is 12.6 Å². The number of carbonyl (C=O) groups excluding carboxylic acids is 2. The first kappa shape index (κ1) is 14.5. The lowest BCUT2D eigenvalue weighted by molar-refractivity contribution is -0.125. The second kappa shape index (κ2) is 6.12. The minimum atomic E-state index is -0.368. The van der Waals surface area contributed by atoms with Gasteiger partial charge in [-0.1, -0.05) is 0 Å². The predicted molar refractivity (Wildman–Crippen MR) is 64.2 cm³/mol. The molecule has 0 rings (SSSR count). The molecule has 1 amide bonds. The first-order chi connectivity index (χ1) is 6.76. The number of amides is 1. The number of carbonyl (C=O) groups is 2. The topological polar surface area (TPSA) is 58.2 Å². The maximum atomic E-state index is 11.6. The third-order valence-corrected chi connectivity index (χ3v) is 1.98. The summed E-state index contributed by atoms with van der Waals surface area (Å²) in [7, 11) is 0. The Bertz CT molecular complexity index is 236. The Morgan fingerprint density at radius 2 is 1.87 bits per heavy atom. The molecule has 0 fully saturated rings. The van der Waals surface area contributed by atoms with Gasteiger partial charge in [0, 0.05) is 11.3 Å². The molecule has 0 saturated carbocycles. The average Bonchev–Trinajstić information content (AvgIpc) is 2.08. The van der Waals surface area contributed by atoms with E-state index in [1.807, 2.05) is 20.8 Å². The number of ketones is 1. The fraction of sp³-hybridized carbons (Fsp3) is 0.800. The van der Waals surface area contributed by atoms with E-state index < -0.39 is 0 Å². The molecule has 0 aromatic rings. The first-order valence-electron chi connectivity index (χ1n) is 4.92. The van der Waals surface area contributed by atoms with Gasteiger partial charge in [-0.05, 0) is 27.7 Å². The summed E-state index contributed by atoms with van der Waals surface area (Å²) in [5.41, 5.74) is -0.152. The quantitative estimate of drug-likeness (QED) is 0.601. The molecule has 1 atom stereocenters. The number of hydrogen-bond acceptors (Lipinski definition) is 4. The molecule has 0 aliphatic rings. The second-order valence-electron chi connectivity index (χ2n) is 4.55. The highest BCUT2D eigenvalue weighted by Crippen LogP contribution is 2.02. The highest BCUT2D eigenvalue weighted by Gasteiger charge is 2.22. The summed E-state index contributed by atoms with van der Waals surface area (Å²) in [6.45, 7) is 7.44. The third kappa shape index (κ3) is 7.39. The number of Topliss-reactive ketones (excluding diaryl/α,β-unsaturated/α-hetero) is 1. The van der Waals surface area contributed by atoms with Gasteiger partial charge in [-0.2, -0.15) is 12.6 Å². The lowest BCUT2D eigenvalue weighted by atomic mass is 10.1. The Labute approximate surface area is 96.6 Å². The van der Waals surface area contributed by atoms with Crippen molar-refractivity contribution < 1.29 is 9.59 Å². The van der Waals surface area contributed by atoms with Crippen LogP contribution in [0.4, 0.5) is 0 Å². The summed E-state index contributed by atoms with van der Waals surface area (Å²) in [6, 6.07) is -0.368. The standard InChI is InChI=1S/C10H20N2O2S/c1-7(13)5-11-9(14)8(6-15)12-10(2,3)4/h8,12,15H,5-6H2,1-4H3,(H,11,14). The molecule has 2 N–H and O–H groups in total. The van der Waals surface area contributed by atoms with Crippen molar-refractivity contribution in [2.45, 2.75) is 39.3 Å². The normalized spacial score (nSPS) is 13.4. The van der Waals surface area contributed by atoms with Crippen LogP contribution in [0, 0.1) is 0 Å². The zero-order valence-electron chi connectivity index (χ0n) is 9.76.